The minimum absolute atomic E-state index is 0.00495. The molecule has 180 valence electrons. The highest BCUT2D eigenvalue weighted by Crippen LogP contribution is 2.41. The standard InChI is InChI=1S/C25H23F2N5O3/c1-11-13(15-8-17(27)19(29)9-16(15)26)4-5-14-22(11)32(12-2-3-12)25(34)21-23(14)35-20(30-21)10-31-7-6-18(28)24(31)33/h4-5,8-9,12,18H,2-3,6-7,10,28-29H2,1H3/t18-/m1/s1. The van der Waals surface area contributed by atoms with Crippen molar-refractivity contribution in [2.45, 2.75) is 44.8 Å². The molecule has 2 aromatic carbocycles. The van der Waals surface area contributed by atoms with Gasteiger partial charge >= 0.3 is 0 Å². The summed E-state index contributed by atoms with van der Waals surface area (Å²) in [7, 11) is 0. The zero-order chi connectivity index (χ0) is 24.6. The normalized spacial score (nSPS) is 18.3. The Balaban J connectivity index is 1.57. The van der Waals surface area contributed by atoms with Crippen molar-refractivity contribution in [2.24, 2.45) is 5.73 Å². The molecule has 0 spiro atoms. The van der Waals surface area contributed by atoms with Gasteiger partial charge in [0.1, 0.15) is 11.6 Å². The summed E-state index contributed by atoms with van der Waals surface area (Å²) in [5.74, 6) is -1.29. The van der Waals surface area contributed by atoms with E-state index < -0.39 is 17.7 Å². The number of nitrogen functional groups attached to an aromatic ring is 1. The van der Waals surface area contributed by atoms with Gasteiger partial charge in [0.05, 0.1) is 23.8 Å². The number of amides is 1. The van der Waals surface area contributed by atoms with Gasteiger partial charge in [-0.3, -0.25) is 9.59 Å². The third-order valence-electron chi connectivity index (χ3n) is 6.96. The third kappa shape index (κ3) is 3.31. The molecule has 0 unspecified atom stereocenters. The van der Waals surface area contributed by atoms with E-state index in [1.807, 2.05) is 0 Å². The van der Waals surface area contributed by atoms with Crippen molar-refractivity contribution in [2.75, 3.05) is 12.3 Å². The SMILES string of the molecule is Cc1c(-c2cc(F)c(N)cc2F)ccc2c3oc(CN4CC[C@@H](N)C4=O)nc3c(=O)n(C3CC3)c12. The predicted octanol–water partition coefficient (Wildman–Crippen LogP) is 3.37. The number of oxazole rings is 1. The maximum atomic E-state index is 14.8. The summed E-state index contributed by atoms with van der Waals surface area (Å²) in [6.45, 7) is 2.40. The van der Waals surface area contributed by atoms with Gasteiger partial charge in [0.2, 0.25) is 11.8 Å². The molecule has 3 heterocycles. The minimum Gasteiger partial charge on any atom is -0.438 e. The number of fused-ring (bicyclic) bond motifs is 3. The highest BCUT2D eigenvalue weighted by Gasteiger charge is 2.32. The monoisotopic (exact) mass is 479 g/mol. The second-order valence-electron chi connectivity index (χ2n) is 9.33. The van der Waals surface area contributed by atoms with Gasteiger partial charge in [0, 0.05) is 29.6 Å². The molecule has 10 heteroatoms. The highest BCUT2D eigenvalue weighted by atomic mass is 19.1. The Labute approximate surface area is 198 Å². The van der Waals surface area contributed by atoms with E-state index in [1.54, 1.807) is 28.5 Å². The molecule has 4 N–H and O–H groups in total. The first-order chi connectivity index (χ1) is 16.7. The fraction of sp³-hybridized carbons (Fsp3) is 0.320. The Bertz CT molecular complexity index is 1600. The van der Waals surface area contributed by atoms with Crippen LogP contribution in [0.25, 0.3) is 33.1 Å². The van der Waals surface area contributed by atoms with Crippen molar-refractivity contribution in [3.63, 3.8) is 0 Å². The quantitative estimate of drug-likeness (QED) is 0.433. The van der Waals surface area contributed by atoms with E-state index in [-0.39, 0.29) is 46.7 Å². The largest absolute Gasteiger partial charge is 0.438 e. The molecule has 1 aliphatic carbocycles. The van der Waals surface area contributed by atoms with Crippen LogP contribution in [-0.4, -0.2) is 32.9 Å². The van der Waals surface area contributed by atoms with Gasteiger partial charge in [0.25, 0.3) is 5.56 Å². The summed E-state index contributed by atoms with van der Waals surface area (Å²) in [6.07, 6.45) is 2.22. The maximum Gasteiger partial charge on any atom is 0.281 e. The van der Waals surface area contributed by atoms with Gasteiger partial charge in [-0.25, -0.2) is 13.8 Å². The number of pyridine rings is 1. The van der Waals surface area contributed by atoms with Gasteiger partial charge in [-0.05, 0) is 49.4 Å². The first-order valence-corrected chi connectivity index (χ1v) is 11.5. The first-order valence-electron chi connectivity index (χ1n) is 11.5. The molecular formula is C25H23F2N5O3. The van der Waals surface area contributed by atoms with Crippen LogP contribution in [0, 0.1) is 18.6 Å². The average Bonchev–Trinajstić information content (AvgIpc) is 3.49. The highest BCUT2D eigenvalue weighted by molar-refractivity contribution is 6.04. The van der Waals surface area contributed by atoms with Crippen LogP contribution in [0.1, 0.15) is 36.8 Å². The predicted molar refractivity (Wildman–Crippen MR) is 127 cm³/mol. The number of aryl methyl sites for hydroxylation is 1. The van der Waals surface area contributed by atoms with Crippen LogP contribution in [0.2, 0.25) is 0 Å². The van der Waals surface area contributed by atoms with Crippen molar-refractivity contribution in [1.82, 2.24) is 14.5 Å². The molecule has 6 rings (SSSR count). The van der Waals surface area contributed by atoms with Crippen molar-refractivity contribution in [3.8, 4) is 11.1 Å². The molecule has 1 aliphatic heterocycles. The number of carbonyl (C=O) groups is 1. The number of rotatable bonds is 4. The Morgan fingerprint density at radius 1 is 1.11 bits per heavy atom. The number of nitrogens with two attached hydrogens (primary N) is 2. The zero-order valence-corrected chi connectivity index (χ0v) is 19.0. The maximum absolute atomic E-state index is 14.8. The van der Waals surface area contributed by atoms with Crippen LogP contribution in [0.4, 0.5) is 14.5 Å². The summed E-state index contributed by atoms with van der Waals surface area (Å²) in [5.41, 5.74) is 13.0. The lowest BCUT2D eigenvalue weighted by molar-refractivity contribution is -0.129. The van der Waals surface area contributed by atoms with E-state index in [4.69, 9.17) is 15.9 Å². The fourth-order valence-electron chi connectivity index (χ4n) is 4.99. The van der Waals surface area contributed by atoms with E-state index in [0.29, 0.717) is 40.6 Å². The lowest BCUT2D eigenvalue weighted by atomic mass is 9.96. The number of hydrogen-bond acceptors (Lipinski definition) is 6. The molecule has 2 aromatic heterocycles. The number of halogens is 2. The molecule has 1 saturated heterocycles. The number of benzene rings is 2. The smallest absolute Gasteiger partial charge is 0.281 e. The van der Waals surface area contributed by atoms with Crippen molar-refractivity contribution in [1.29, 1.82) is 0 Å². The van der Waals surface area contributed by atoms with Crippen LogP contribution in [0.5, 0.6) is 0 Å². The van der Waals surface area contributed by atoms with Crippen LogP contribution in [0.15, 0.2) is 33.5 Å². The topological polar surface area (TPSA) is 120 Å². The summed E-state index contributed by atoms with van der Waals surface area (Å²) in [5, 5.41) is 0.646. The van der Waals surface area contributed by atoms with Crippen molar-refractivity contribution in [3.05, 3.63) is 57.7 Å². The third-order valence-corrected chi connectivity index (χ3v) is 6.96. The number of carbonyl (C=O) groups excluding carboxylic acids is 1. The van der Waals surface area contributed by atoms with Crippen LogP contribution in [0.3, 0.4) is 0 Å². The minimum atomic E-state index is -0.716. The summed E-state index contributed by atoms with van der Waals surface area (Å²) in [4.78, 5) is 31.8. The second kappa shape index (κ2) is 7.61. The van der Waals surface area contributed by atoms with E-state index in [1.165, 1.54) is 0 Å². The second-order valence-corrected chi connectivity index (χ2v) is 9.33. The molecule has 8 nitrogen and oxygen atoms in total. The lowest BCUT2D eigenvalue weighted by Crippen LogP contribution is -2.33. The first kappa shape index (κ1) is 21.7. The Morgan fingerprint density at radius 3 is 2.57 bits per heavy atom. The summed E-state index contributed by atoms with van der Waals surface area (Å²) >= 11 is 0. The zero-order valence-electron chi connectivity index (χ0n) is 19.0. The lowest BCUT2D eigenvalue weighted by Gasteiger charge is -2.16. The van der Waals surface area contributed by atoms with Crippen molar-refractivity contribution >= 4 is 33.6 Å². The van der Waals surface area contributed by atoms with Crippen LogP contribution < -0.4 is 17.0 Å². The number of aromatic nitrogens is 2. The molecule has 1 amide bonds. The van der Waals surface area contributed by atoms with Crippen molar-refractivity contribution < 1.29 is 18.0 Å². The van der Waals surface area contributed by atoms with Gasteiger partial charge in [-0.2, -0.15) is 0 Å². The Morgan fingerprint density at radius 2 is 1.89 bits per heavy atom. The molecular weight excluding hydrogens is 456 g/mol. The molecule has 2 aliphatic rings. The Kier molecular flexibility index (Phi) is 4.72. The average molecular weight is 479 g/mol. The van der Waals surface area contributed by atoms with Crippen LogP contribution in [-0.2, 0) is 11.3 Å². The van der Waals surface area contributed by atoms with E-state index in [9.17, 15) is 18.4 Å². The van der Waals surface area contributed by atoms with E-state index >= 15 is 0 Å². The molecule has 2 fully saturated rings. The molecule has 4 aromatic rings. The molecule has 35 heavy (non-hydrogen) atoms. The fourth-order valence-corrected chi connectivity index (χ4v) is 4.99. The number of nitrogens with zero attached hydrogens (tertiary/aromatic N) is 3. The van der Waals surface area contributed by atoms with Gasteiger partial charge in [-0.15, -0.1) is 0 Å². The summed E-state index contributed by atoms with van der Waals surface area (Å²) in [6, 6.07) is 4.90. The Hall–Kier alpha value is -3.79. The van der Waals surface area contributed by atoms with Crippen LogP contribution >= 0.6 is 0 Å². The number of anilines is 1. The van der Waals surface area contributed by atoms with Gasteiger partial charge in [-0.1, -0.05) is 6.07 Å². The van der Waals surface area contributed by atoms with Gasteiger partial charge < -0.3 is 25.4 Å². The molecule has 1 saturated carbocycles. The molecule has 0 bridgehead atoms. The number of likely N-dealkylation sites (tertiary alicyclic amines) is 1. The molecule has 1 atom stereocenters. The van der Waals surface area contributed by atoms with E-state index in [2.05, 4.69) is 4.98 Å². The number of hydrogen-bond donors (Lipinski definition) is 2. The summed E-state index contributed by atoms with van der Waals surface area (Å²) < 4.78 is 36.7. The van der Waals surface area contributed by atoms with E-state index in [0.717, 1.165) is 25.0 Å². The molecule has 0 radical (unpaired) electrons. The van der Waals surface area contributed by atoms with Gasteiger partial charge in [0.15, 0.2) is 11.1 Å².